The minimum Gasteiger partial charge on any atom is -0.384 e. The van der Waals surface area contributed by atoms with Crippen molar-refractivity contribution in [2.75, 3.05) is 26.2 Å². The van der Waals surface area contributed by atoms with Crippen molar-refractivity contribution in [2.45, 2.75) is 25.4 Å². The summed E-state index contributed by atoms with van der Waals surface area (Å²) in [6.45, 7) is 5.67. The standard InChI is InChI=1S/C15H22N4/c16-15(17)14-6-2-1-4-12(14)10-18-8-9-19-7-3-5-13(19)11-18/h1-2,4,6,13H,3,5,7-11H2,(H3,16,17). The number of fused-ring (bicyclic) bond motifs is 1. The van der Waals surface area contributed by atoms with E-state index < -0.39 is 0 Å². The van der Waals surface area contributed by atoms with Crippen LogP contribution in [0.3, 0.4) is 0 Å². The van der Waals surface area contributed by atoms with Gasteiger partial charge in [0.1, 0.15) is 5.84 Å². The summed E-state index contributed by atoms with van der Waals surface area (Å²) in [4.78, 5) is 5.13. The fourth-order valence-electron chi connectivity index (χ4n) is 3.36. The zero-order valence-corrected chi connectivity index (χ0v) is 11.3. The molecule has 0 radical (unpaired) electrons. The van der Waals surface area contributed by atoms with Gasteiger partial charge in [-0.1, -0.05) is 24.3 Å². The number of hydrogen-bond donors (Lipinski definition) is 2. The third kappa shape index (κ3) is 2.65. The van der Waals surface area contributed by atoms with Gasteiger partial charge in [0.05, 0.1) is 0 Å². The van der Waals surface area contributed by atoms with Crippen LogP contribution in [0.15, 0.2) is 24.3 Å². The van der Waals surface area contributed by atoms with Crippen LogP contribution in [0.5, 0.6) is 0 Å². The van der Waals surface area contributed by atoms with Gasteiger partial charge in [-0.25, -0.2) is 0 Å². The average Bonchev–Trinajstić information content (AvgIpc) is 2.86. The van der Waals surface area contributed by atoms with Crippen LogP contribution in [0.4, 0.5) is 0 Å². The second-order valence-corrected chi connectivity index (χ2v) is 5.64. The Morgan fingerprint density at radius 3 is 2.95 bits per heavy atom. The lowest BCUT2D eigenvalue weighted by atomic mass is 10.0. The number of amidine groups is 1. The topological polar surface area (TPSA) is 56.4 Å². The highest BCUT2D eigenvalue weighted by Gasteiger charge is 2.30. The van der Waals surface area contributed by atoms with Crippen molar-refractivity contribution in [1.29, 1.82) is 5.41 Å². The molecule has 1 aromatic carbocycles. The first kappa shape index (κ1) is 12.6. The molecule has 102 valence electrons. The fourth-order valence-corrected chi connectivity index (χ4v) is 3.36. The number of rotatable bonds is 3. The summed E-state index contributed by atoms with van der Waals surface area (Å²) >= 11 is 0. The summed E-state index contributed by atoms with van der Waals surface area (Å²) in [6.07, 6.45) is 2.69. The van der Waals surface area contributed by atoms with Crippen molar-refractivity contribution < 1.29 is 0 Å². The molecule has 4 nitrogen and oxygen atoms in total. The molecule has 2 fully saturated rings. The van der Waals surface area contributed by atoms with E-state index in [-0.39, 0.29) is 5.84 Å². The number of piperazine rings is 1. The number of benzene rings is 1. The monoisotopic (exact) mass is 258 g/mol. The lowest BCUT2D eigenvalue weighted by Crippen LogP contribution is -2.49. The maximum atomic E-state index is 7.66. The molecule has 2 aliphatic heterocycles. The molecular weight excluding hydrogens is 236 g/mol. The number of nitrogen functional groups attached to an aromatic ring is 1. The molecule has 0 bridgehead atoms. The second-order valence-electron chi connectivity index (χ2n) is 5.64. The van der Waals surface area contributed by atoms with Crippen LogP contribution in [0, 0.1) is 5.41 Å². The van der Waals surface area contributed by atoms with E-state index in [9.17, 15) is 0 Å². The van der Waals surface area contributed by atoms with Gasteiger partial charge in [0, 0.05) is 37.8 Å². The van der Waals surface area contributed by atoms with Crippen LogP contribution in [0.2, 0.25) is 0 Å². The van der Waals surface area contributed by atoms with Gasteiger partial charge >= 0.3 is 0 Å². The molecular formula is C15H22N4. The van der Waals surface area contributed by atoms with Gasteiger partial charge in [-0.15, -0.1) is 0 Å². The minimum absolute atomic E-state index is 0.176. The van der Waals surface area contributed by atoms with Crippen LogP contribution in [-0.4, -0.2) is 47.9 Å². The van der Waals surface area contributed by atoms with E-state index in [0.29, 0.717) is 0 Å². The zero-order valence-electron chi connectivity index (χ0n) is 11.3. The summed E-state index contributed by atoms with van der Waals surface area (Å²) in [6, 6.07) is 8.78. The van der Waals surface area contributed by atoms with Crippen molar-refractivity contribution in [3.8, 4) is 0 Å². The molecule has 0 spiro atoms. The molecule has 0 amide bonds. The summed E-state index contributed by atoms with van der Waals surface area (Å²) in [5.41, 5.74) is 7.73. The largest absolute Gasteiger partial charge is 0.384 e. The lowest BCUT2D eigenvalue weighted by molar-refractivity contribution is 0.0993. The van der Waals surface area contributed by atoms with Gasteiger partial charge in [0.25, 0.3) is 0 Å². The van der Waals surface area contributed by atoms with Crippen molar-refractivity contribution in [1.82, 2.24) is 9.80 Å². The highest BCUT2D eigenvalue weighted by atomic mass is 15.3. The van der Waals surface area contributed by atoms with E-state index in [4.69, 9.17) is 11.1 Å². The number of hydrogen-bond acceptors (Lipinski definition) is 3. The fraction of sp³-hybridized carbons (Fsp3) is 0.533. The summed E-state index contributed by atoms with van der Waals surface area (Å²) in [5.74, 6) is 0.176. The maximum Gasteiger partial charge on any atom is 0.123 e. The molecule has 0 aromatic heterocycles. The van der Waals surface area contributed by atoms with Gasteiger partial charge in [-0.05, 0) is 24.9 Å². The van der Waals surface area contributed by atoms with E-state index in [2.05, 4.69) is 15.9 Å². The Morgan fingerprint density at radius 1 is 1.26 bits per heavy atom. The molecule has 4 heteroatoms. The molecule has 2 heterocycles. The van der Waals surface area contributed by atoms with E-state index in [0.717, 1.165) is 31.2 Å². The molecule has 19 heavy (non-hydrogen) atoms. The second kappa shape index (κ2) is 5.31. The first-order valence-corrected chi connectivity index (χ1v) is 7.13. The van der Waals surface area contributed by atoms with Crippen LogP contribution >= 0.6 is 0 Å². The Labute approximate surface area is 114 Å². The molecule has 0 saturated carbocycles. The summed E-state index contributed by atoms with van der Waals surface area (Å²) in [7, 11) is 0. The molecule has 1 aromatic rings. The number of nitrogens with one attached hydrogen (secondary N) is 1. The molecule has 3 rings (SSSR count). The molecule has 3 N–H and O–H groups in total. The molecule has 0 aliphatic carbocycles. The predicted octanol–water partition coefficient (Wildman–Crippen LogP) is 1.25. The zero-order chi connectivity index (χ0) is 13.2. The molecule has 1 atom stereocenters. The molecule has 2 saturated heterocycles. The maximum absolute atomic E-state index is 7.66. The Hall–Kier alpha value is -1.39. The normalized spacial score (nSPS) is 24.3. The first-order chi connectivity index (χ1) is 9.24. The third-order valence-electron chi connectivity index (χ3n) is 4.37. The highest BCUT2D eigenvalue weighted by Crippen LogP contribution is 2.23. The SMILES string of the molecule is N=C(N)c1ccccc1CN1CCN2CCCC2C1. The Bertz CT molecular complexity index is 471. The van der Waals surface area contributed by atoms with Crippen LogP contribution < -0.4 is 5.73 Å². The predicted molar refractivity (Wildman–Crippen MR) is 77.3 cm³/mol. The first-order valence-electron chi connectivity index (χ1n) is 7.13. The van der Waals surface area contributed by atoms with E-state index >= 15 is 0 Å². The van der Waals surface area contributed by atoms with Crippen LogP contribution in [-0.2, 0) is 6.54 Å². The van der Waals surface area contributed by atoms with Gasteiger partial charge in [-0.2, -0.15) is 0 Å². The number of nitrogens with zero attached hydrogens (tertiary/aromatic N) is 2. The van der Waals surface area contributed by atoms with E-state index in [1.54, 1.807) is 0 Å². The molecule has 1 unspecified atom stereocenters. The highest BCUT2D eigenvalue weighted by molar-refractivity contribution is 5.96. The van der Waals surface area contributed by atoms with Crippen molar-refractivity contribution in [2.24, 2.45) is 5.73 Å². The average molecular weight is 258 g/mol. The third-order valence-corrected chi connectivity index (χ3v) is 4.37. The van der Waals surface area contributed by atoms with Crippen molar-refractivity contribution >= 4 is 5.84 Å². The quantitative estimate of drug-likeness (QED) is 0.634. The summed E-state index contributed by atoms with van der Waals surface area (Å²) < 4.78 is 0. The van der Waals surface area contributed by atoms with Crippen molar-refractivity contribution in [3.63, 3.8) is 0 Å². The van der Waals surface area contributed by atoms with Crippen LogP contribution in [0.25, 0.3) is 0 Å². The van der Waals surface area contributed by atoms with E-state index in [1.165, 1.54) is 31.5 Å². The van der Waals surface area contributed by atoms with Gasteiger partial charge in [0.15, 0.2) is 0 Å². The number of nitrogens with two attached hydrogens (primary N) is 1. The Balaban J connectivity index is 1.70. The lowest BCUT2D eigenvalue weighted by Gasteiger charge is -2.37. The smallest absolute Gasteiger partial charge is 0.123 e. The summed E-state index contributed by atoms with van der Waals surface area (Å²) in [5, 5.41) is 7.66. The Morgan fingerprint density at radius 2 is 2.11 bits per heavy atom. The van der Waals surface area contributed by atoms with Gasteiger partial charge < -0.3 is 5.73 Å². The van der Waals surface area contributed by atoms with Crippen LogP contribution in [0.1, 0.15) is 24.0 Å². The van der Waals surface area contributed by atoms with E-state index in [1.807, 2.05) is 18.2 Å². The van der Waals surface area contributed by atoms with Crippen molar-refractivity contribution in [3.05, 3.63) is 35.4 Å². The Kier molecular flexibility index (Phi) is 3.53. The van der Waals surface area contributed by atoms with Gasteiger partial charge in [0.2, 0.25) is 0 Å². The molecule has 2 aliphatic rings. The minimum atomic E-state index is 0.176. The van der Waals surface area contributed by atoms with Gasteiger partial charge in [-0.3, -0.25) is 15.2 Å².